The molecule has 1 aromatic heterocycles. The van der Waals surface area contributed by atoms with Gasteiger partial charge in [-0.25, -0.2) is 4.79 Å². The highest BCUT2D eigenvalue weighted by Crippen LogP contribution is 2.42. The summed E-state index contributed by atoms with van der Waals surface area (Å²) in [5.74, 6) is 0.387. The quantitative estimate of drug-likeness (QED) is 0.144. The molecular weight excluding hydrogens is 493 g/mol. The lowest BCUT2D eigenvalue weighted by molar-refractivity contribution is 0.0606. The largest absolute Gasteiger partial charge is 0.465 e. The van der Waals surface area contributed by atoms with E-state index < -0.39 is 8.32 Å². The number of unbranched alkanes of at least 4 members (excludes halogenated alkanes) is 2. The third-order valence-corrected chi connectivity index (χ3v) is 13.9. The van der Waals surface area contributed by atoms with Crippen molar-refractivity contribution in [3.63, 3.8) is 0 Å². The Bertz CT molecular complexity index is 1030. The first-order chi connectivity index (χ1) is 17.6. The van der Waals surface area contributed by atoms with Gasteiger partial charge in [0.15, 0.2) is 8.32 Å². The molecule has 0 N–H and O–H groups in total. The van der Waals surface area contributed by atoms with Gasteiger partial charge < -0.3 is 9.16 Å². The molecule has 37 heavy (non-hydrogen) atoms. The van der Waals surface area contributed by atoms with Gasteiger partial charge in [0.05, 0.1) is 13.2 Å². The fourth-order valence-electron chi connectivity index (χ4n) is 4.96. The number of methoxy groups -OCH3 is 1. The molecule has 0 saturated heterocycles. The number of thiophene rings is 1. The van der Waals surface area contributed by atoms with Crippen LogP contribution in [0.25, 0.3) is 5.57 Å². The first-order valence-corrected chi connectivity index (χ1v) is 17.9. The highest BCUT2D eigenvalue weighted by atomic mass is 32.1. The van der Waals surface area contributed by atoms with Crippen LogP contribution in [0.5, 0.6) is 0 Å². The number of benzene rings is 1. The van der Waals surface area contributed by atoms with Crippen molar-refractivity contribution in [3.8, 4) is 0 Å². The molecule has 0 bridgehead atoms. The summed E-state index contributed by atoms with van der Waals surface area (Å²) in [6.45, 7) is 14.0. The fourth-order valence-corrected chi connectivity index (χ4v) is 7.24. The van der Waals surface area contributed by atoms with Crippen molar-refractivity contribution in [2.75, 3.05) is 7.11 Å². The summed E-state index contributed by atoms with van der Waals surface area (Å²) in [6.07, 6.45) is 13.2. The van der Waals surface area contributed by atoms with E-state index in [1.54, 1.807) is 11.3 Å². The van der Waals surface area contributed by atoms with E-state index in [0.717, 1.165) is 19.3 Å². The average Bonchev–Trinajstić information content (AvgIpc) is 3.52. The zero-order chi connectivity index (χ0) is 27.1. The number of rotatable bonds is 13. The van der Waals surface area contributed by atoms with Crippen molar-refractivity contribution >= 4 is 31.2 Å². The number of hydrogen-bond acceptors (Lipinski definition) is 4. The van der Waals surface area contributed by atoms with Gasteiger partial charge in [-0.1, -0.05) is 77.3 Å². The molecule has 0 spiro atoms. The third kappa shape index (κ3) is 8.14. The van der Waals surface area contributed by atoms with Crippen molar-refractivity contribution in [1.29, 1.82) is 0 Å². The van der Waals surface area contributed by atoms with E-state index in [1.807, 2.05) is 6.07 Å². The second kappa shape index (κ2) is 13.4. The molecule has 2 atom stereocenters. The molecule has 0 saturated carbocycles. The van der Waals surface area contributed by atoms with Crippen LogP contribution in [0.3, 0.4) is 0 Å². The molecule has 3 nitrogen and oxygen atoms in total. The molecule has 204 valence electrons. The molecule has 3 rings (SSSR count). The van der Waals surface area contributed by atoms with Gasteiger partial charge in [-0.05, 0) is 91.4 Å². The average molecular weight is 541 g/mol. The molecule has 0 radical (unpaired) electrons. The van der Waals surface area contributed by atoms with Gasteiger partial charge in [-0.2, -0.15) is 0 Å². The summed E-state index contributed by atoms with van der Waals surface area (Å²) >= 11 is 1.56. The van der Waals surface area contributed by atoms with Crippen LogP contribution < -0.4 is 0 Å². The fraction of sp³-hybridized carbons (Fsp3) is 0.594. The van der Waals surface area contributed by atoms with Crippen LogP contribution in [-0.4, -0.2) is 21.4 Å². The molecule has 1 aromatic carbocycles. The lowest BCUT2D eigenvalue weighted by atomic mass is 9.89. The van der Waals surface area contributed by atoms with Crippen LogP contribution in [0.2, 0.25) is 18.1 Å². The number of aryl methyl sites for hydroxylation is 1. The first-order valence-electron chi connectivity index (χ1n) is 14.2. The van der Waals surface area contributed by atoms with Crippen LogP contribution in [-0.2, 0) is 15.6 Å². The molecule has 1 aliphatic rings. The lowest BCUT2D eigenvalue weighted by Gasteiger charge is -2.39. The summed E-state index contributed by atoms with van der Waals surface area (Å²) in [7, 11) is -0.407. The smallest absolute Gasteiger partial charge is 0.348 e. The van der Waals surface area contributed by atoms with E-state index in [4.69, 9.17) is 9.16 Å². The van der Waals surface area contributed by atoms with Gasteiger partial charge in [0, 0.05) is 4.88 Å². The number of allylic oxidation sites excluding steroid dienone is 2. The second-order valence-corrected chi connectivity index (χ2v) is 18.0. The first kappa shape index (κ1) is 29.9. The molecular formula is C32H48O3SSi. The van der Waals surface area contributed by atoms with Crippen LogP contribution in [0, 0.1) is 5.92 Å². The van der Waals surface area contributed by atoms with Gasteiger partial charge in [0.2, 0.25) is 0 Å². The monoisotopic (exact) mass is 540 g/mol. The highest BCUT2D eigenvalue weighted by Gasteiger charge is 2.39. The topological polar surface area (TPSA) is 35.5 Å². The van der Waals surface area contributed by atoms with Gasteiger partial charge in [0.1, 0.15) is 4.88 Å². The normalized spacial score (nSPS) is 17.1. The number of hydrogen-bond donors (Lipinski definition) is 0. The predicted molar refractivity (Wildman–Crippen MR) is 161 cm³/mol. The Balaban J connectivity index is 1.63. The molecule has 1 aliphatic carbocycles. The van der Waals surface area contributed by atoms with Gasteiger partial charge in [-0.3, -0.25) is 0 Å². The summed E-state index contributed by atoms with van der Waals surface area (Å²) in [4.78, 5) is 13.7. The summed E-state index contributed by atoms with van der Waals surface area (Å²) < 4.78 is 11.8. The molecule has 0 amide bonds. The standard InChI is InChI=1S/C32H48O3SSi/c1-8-9-10-17-29(35-37(6,7)32(2,3)4)26-20-18-25(19-21-26)28-16-12-14-24(28)13-11-15-27-22-23-30(36-27)31(33)34-5/h16,18-24,29H,8-15,17H2,1-7H3/t24-,29-/m0/s1. The molecule has 2 aromatic rings. The van der Waals surface area contributed by atoms with Crippen molar-refractivity contribution in [2.45, 2.75) is 110 Å². The minimum atomic E-state index is -1.85. The summed E-state index contributed by atoms with van der Waals surface area (Å²) in [6, 6.07) is 13.3. The maximum atomic E-state index is 11.7. The Kier molecular flexibility index (Phi) is 10.8. The predicted octanol–water partition coefficient (Wildman–Crippen LogP) is 9.99. The van der Waals surface area contributed by atoms with E-state index >= 15 is 0 Å². The lowest BCUT2D eigenvalue weighted by Crippen LogP contribution is -2.41. The number of ether oxygens (including phenoxy) is 1. The van der Waals surface area contributed by atoms with Crippen molar-refractivity contribution < 1.29 is 14.0 Å². The van der Waals surface area contributed by atoms with E-state index in [9.17, 15) is 4.79 Å². The van der Waals surface area contributed by atoms with E-state index in [0.29, 0.717) is 10.8 Å². The molecule has 0 unspecified atom stereocenters. The van der Waals surface area contributed by atoms with Crippen LogP contribution in [0.4, 0.5) is 0 Å². The Morgan fingerprint density at radius 2 is 1.81 bits per heavy atom. The minimum absolute atomic E-state index is 0.190. The Morgan fingerprint density at radius 1 is 1.08 bits per heavy atom. The number of esters is 1. The Morgan fingerprint density at radius 3 is 2.46 bits per heavy atom. The maximum absolute atomic E-state index is 11.7. The highest BCUT2D eigenvalue weighted by molar-refractivity contribution is 7.13. The van der Waals surface area contributed by atoms with Crippen molar-refractivity contribution in [2.24, 2.45) is 5.92 Å². The molecule has 1 heterocycles. The summed E-state index contributed by atoms with van der Waals surface area (Å²) in [5.41, 5.74) is 4.22. The van der Waals surface area contributed by atoms with E-state index in [-0.39, 0.29) is 17.1 Å². The maximum Gasteiger partial charge on any atom is 0.348 e. The van der Waals surface area contributed by atoms with Gasteiger partial charge >= 0.3 is 5.97 Å². The van der Waals surface area contributed by atoms with Crippen LogP contribution >= 0.6 is 11.3 Å². The van der Waals surface area contributed by atoms with Crippen molar-refractivity contribution in [1.82, 2.24) is 0 Å². The SMILES string of the molecule is CCCCC[C@H](O[Si](C)(C)C(C)(C)C)c1ccc(C2=CCC[C@@H]2CCCc2ccc(C(=O)OC)s2)cc1. The Hall–Kier alpha value is -1.69. The molecule has 0 fully saturated rings. The van der Waals surface area contributed by atoms with Crippen molar-refractivity contribution in [3.05, 3.63) is 63.4 Å². The van der Waals surface area contributed by atoms with Gasteiger partial charge in [0.25, 0.3) is 0 Å². The number of carbonyl (C=O) groups excluding carboxylic acids is 1. The van der Waals surface area contributed by atoms with Crippen LogP contribution in [0.15, 0.2) is 42.5 Å². The van der Waals surface area contributed by atoms with E-state index in [1.165, 1.54) is 67.2 Å². The number of carbonyl (C=O) groups is 1. The summed E-state index contributed by atoms with van der Waals surface area (Å²) in [5, 5.41) is 0.210. The third-order valence-electron chi connectivity index (χ3n) is 8.27. The zero-order valence-electron chi connectivity index (χ0n) is 24.2. The second-order valence-electron chi connectivity index (χ2n) is 12.1. The molecule has 0 aliphatic heterocycles. The molecule has 5 heteroatoms. The van der Waals surface area contributed by atoms with E-state index in [2.05, 4.69) is 77.2 Å². The minimum Gasteiger partial charge on any atom is -0.465 e. The zero-order valence-corrected chi connectivity index (χ0v) is 26.0. The van der Waals surface area contributed by atoms with Gasteiger partial charge in [-0.15, -0.1) is 11.3 Å². The van der Waals surface area contributed by atoms with Crippen LogP contribution in [0.1, 0.15) is 111 Å². The Labute approximate surface area is 230 Å².